The van der Waals surface area contributed by atoms with Crippen molar-refractivity contribution in [1.29, 1.82) is 0 Å². The van der Waals surface area contributed by atoms with E-state index in [0.717, 1.165) is 21.2 Å². The molecular formula is C14H12BrCl2N. The van der Waals surface area contributed by atoms with Crippen molar-refractivity contribution in [1.82, 2.24) is 0 Å². The van der Waals surface area contributed by atoms with E-state index in [1.54, 1.807) is 0 Å². The third-order valence-electron chi connectivity index (χ3n) is 2.74. The van der Waals surface area contributed by atoms with Crippen molar-refractivity contribution < 1.29 is 0 Å². The van der Waals surface area contributed by atoms with Gasteiger partial charge in [0.1, 0.15) is 0 Å². The molecule has 0 radical (unpaired) electrons. The Bertz CT molecular complexity index is 562. The fourth-order valence-corrected chi connectivity index (χ4v) is 3.17. The molecule has 0 spiro atoms. The third-order valence-corrected chi connectivity index (χ3v) is 4.05. The van der Waals surface area contributed by atoms with Gasteiger partial charge in [-0.05, 0) is 36.2 Å². The molecule has 0 aliphatic carbocycles. The van der Waals surface area contributed by atoms with E-state index in [0.29, 0.717) is 10.0 Å². The summed E-state index contributed by atoms with van der Waals surface area (Å²) in [5, 5.41) is 1.35. The average Bonchev–Trinajstić information content (AvgIpc) is 2.28. The molecule has 0 bridgehead atoms. The van der Waals surface area contributed by atoms with Crippen molar-refractivity contribution in [3.63, 3.8) is 0 Å². The molecule has 0 saturated carbocycles. The molecule has 0 saturated heterocycles. The zero-order valence-electron chi connectivity index (χ0n) is 9.75. The predicted octanol–water partition coefficient (Wildman–Crippen LogP) is 5.44. The molecule has 1 atom stereocenters. The largest absolute Gasteiger partial charge is 0.324 e. The lowest BCUT2D eigenvalue weighted by Crippen LogP contribution is -2.05. The fourth-order valence-electron chi connectivity index (χ4n) is 1.83. The molecule has 0 heterocycles. The van der Waals surface area contributed by atoms with Crippen LogP contribution >= 0.6 is 39.1 Å². The van der Waals surface area contributed by atoms with Crippen LogP contribution in [0.3, 0.4) is 0 Å². The maximum absolute atomic E-state index is 6.24. The number of halogens is 3. The van der Waals surface area contributed by atoms with Crippen LogP contribution in [0.25, 0.3) is 11.1 Å². The maximum atomic E-state index is 6.24. The van der Waals surface area contributed by atoms with E-state index in [2.05, 4.69) is 15.9 Å². The minimum absolute atomic E-state index is 0.0822. The van der Waals surface area contributed by atoms with Crippen LogP contribution in [0.15, 0.2) is 40.9 Å². The van der Waals surface area contributed by atoms with Gasteiger partial charge in [-0.1, -0.05) is 57.3 Å². The van der Waals surface area contributed by atoms with E-state index in [1.165, 1.54) is 0 Å². The number of hydrogen-bond acceptors (Lipinski definition) is 1. The second kappa shape index (κ2) is 5.62. The zero-order valence-corrected chi connectivity index (χ0v) is 12.9. The second-order valence-electron chi connectivity index (χ2n) is 4.12. The van der Waals surface area contributed by atoms with Crippen LogP contribution in [-0.2, 0) is 0 Å². The summed E-state index contributed by atoms with van der Waals surface area (Å²) in [5.41, 5.74) is 8.69. The van der Waals surface area contributed by atoms with E-state index < -0.39 is 0 Å². The summed E-state index contributed by atoms with van der Waals surface area (Å²) < 4.78 is 0.944. The van der Waals surface area contributed by atoms with Gasteiger partial charge in [0, 0.05) is 26.1 Å². The summed E-state index contributed by atoms with van der Waals surface area (Å²) in [6.07, 6.45) is 0. The fraction of sp³-hybridized carbons (Fsp3) is 0.143. The highest BCUT2D eigenvalue weighted by Gasteiger charge is 2.11. The van der Waals surface area contributed by atoms with Crippen LogP contribution in [0.4, 0.5) is 0 Å². The molecule has 0 amide bonds. The monoisotopic (exact) mass is 343 g/mol. The van der Waals surface area contributed by atoms with Crippen molar-refractivity contribution in [2.24, 2.45) is 5.73 Å². The summed E-state index contributed by atoms with van der Waals surface area (Å²) >= 11 is 16.0. The first-order valence-corrected chi connectivity index (χ1v) is 7.05. The van der Waals surface area contributed by atoms with Gasteiger partial charge in [-0.25, -0.2) is 0 Å². The van der Waals surface area contributed by atoms with Crippen molar-refractivity contribution in [2.45, 2.75) is 13.0 Å². The molecular weight excluding hydrogens is 333 g/mol. The molecule has 1 nitrogen and oxygen atoms in total. The van der Waals surface area contributed by atoms with Crippen molar-refractivity contribution in [3.05, 3.63) is 56.5 Å². The molecule has 2 aromatic carbocycles. The second-order valence-corrected chi connectivity index (χ2v) is 5.79. The number of hydrogen-bond donors (Lipinski definition) is 1. The van der Waals surface area contributed by atoms with Crippen LogP contribution in [0.5, 0.6) is 0 Å². The van der Waals surface area contributed by atoms with Crippen LogP contribution in [0, 0.1) is 0 Å². The Labute approximate surface area is 125 Å². The highest BCUT2D eigenvalue weighted by atomic mass is 79.9. The van der Waals surface area contributed by atoms with Crippen LogP contribution in [0.2, 0.25) is 10.0 Å². The number of rotatable bonds is 2. The van der Waals surface area contributed by atoms with Gasteiger partial charge < -0.3 is 5.73 Å². The van der Waals surface area contributed by atoms with E-state index in [-0.39, 0.29) is 6.04 Å². The molecule has 4 heteroatoms. The van der Waals surface area contributed by atoms with Gasteiger partial charge in [-0.3, -0.25) is 0 Å². The quantitative estimate of drug-likeness (QED) is 0.770. The van der Waals surface area contributed by atoms with E-state index in [9.17, 15) is 0 Å². The lowest BCUT2D eigenvalue weighted by Gasteiger charge is -2.12. The first-order valence-electron chi connectivity index (χ1n) is 5.50. The Balaban J connectivity index is 2.56. The van der Waals surface area contributed by atoms with Gasteiger partial charge in [0.25, 0.3) is 0 Å². The maximum Gasteiger partial charge on any atom is 0.0495 e. The average molecular weight is 345 g/mol. The summed E-state index contributed by atoms with van der Waals surface area (Å²) in [6.45, 7) is 1.91. The summed E-state index contributed by atoms with van der Waals surface area (Å²) in [6, 6.07) is 11.4. The molecule has 0 aliphatic rings. The number of nitrogens with two attached hydrogens (primary N) is 1. The Hall–Kier alpha value is -0.540. The van der Waals surface area contributed by atoms with Gasteiger partial charge in [0.15, 0.2) is 0 Å². The van der Waals surface area contributed by atoms with Crippen LogP contribution < -0.4 is 5.73 Å². The molecule has 0 fully saturated rings. The molecule has 2 N–H and O–H groups in total. The van der Waals surface area contributed by atoms with E-state index >= 15 is 0 Å². The Kier molecular flexibility index (Phi) is 4.33. The summed E-state index contributed by atoms with van der Waals surface area (Å²) in [4.78, 5) is 0. The van der Waals surface area contributed by atoms with E-state index in [4.69, 9.17) is 28.9 Å². The van der Waals surface area contributed by atoms with Gasteiger partial charge in [0.2, 0.25) is 0 Å². The highest BCUT2D eigenvalue weighted by molar-refractivity contribution is 9.10. The topological polar surface area (TPSA) is 26.0 Å². The molecule has 2 aromatic rings. The number of benzene rings is 2. The summed E-state index contributed by atoms with van der Waals surface area (Å²) in [5.74, 6) is 0. The Morgan fingerprint density at radius 3 is 2.39 bits per heavy atom. The zero-order chi connectivity index (χ0) is 13.3. The van der Waals surface area contributed by atoms with Gasteiger partial charge in [0.05, 0.1) is 0 Å². The molecule has 2 rings (SSSR count). The van der Waals surface area contributed by atoms with E-state index in [1.807, 2.05) is 43.3 Å². The first kappa shape index (κ1) is 13.9. The smallest absolute Gasteiger partial charge is 0.0495 e. The predicted molar refractivity (Wildman–Crippen MR) is 82.2 cm³/mol. The Morgan fingerprint density at radius 1 is 1.11 bits per heavy atom. The molecule has 0 aromatic heterocycles. The molecule has 0 aliphatic heterocycles. The lowest BCUT2D eigenvalue weighted by atomic mass is 10.0. The summed E-state index contributed by atoms with van der Waals surface area (Å²) in [7, 11) is 0. The first-order chi connectivity index (χ1) is 8.50. The van der Waals surface area contributed by atoms with Crippen molar-refractivity contribution >= 4 is 39.1 Å². The van der Waals surface area contributed by atoms with Crippen LogP contribution in [-0.4, -0.2) is 0 Å². The SMILES string of the molecule is CC(N)c1ccc(-c2c(Cl)cccc2Br)cc1Cl. The lowest BCUT2D eigenvalue weighted by molar-refractivity contribution is 0.819. The van der Waals surface area contributed by atoms with Gasteiger partial charge >= 0.3 is 0 Å². The molecule has 1 unspecified atom stereocenters. The minimum atomic E-state index is -0.0822. The van der Waals surface area contributed by atoms with Crippen LogP contribution in [0.1, 0.15) is 18.5 Å². The molecule has 94 valence electrons. The minimum Gasteiger partial charge on any atom is -0.324 e. The Morgan fingerprint density at radius 2 is 1.83 bits per heavy atom. The highest BCUT2D eigenvalue weighted by Crippen LogP contribution is 2.37. The third kappa shape index (κ3) is 2.72. The molecule has 18 heavy (non-hydrogen) atoms. The normalized spacial score (nSPS) is 12.5. The van der Waals surface area contributed by atoms with Crippen molar-refractivity contribution in [2.75, 3.05) is 0 Å². The van der Waals surface area contributed by atoms with Crippen molar-refractivity contribution in [3.8, 4) is 11.1 Å². The standard InChI is InChI=1S/C14H12BrCl2N/c1-8(18)10-6-5-9(7-13(10)17)14-11(15)3-2-4-12(14)16/h2-8H,18H2,1H3. The van der Waals surface area contributed by atoms with Gasteiger partial charge in [-0.15, -0.1) is 0 Å². The van der Waals surface area contributed by atoms with Gasteiger partial charge in [-0.2, -0.15) is 0 Å².